The highest BCUT2D eigenvalue weighted by Gasteiger charge is 2.31. The molecule has 8 nitrogen and oxygen atoms in total. The summed E-state index contributed by atoms with van der Waals surface area (Å²) in [5.41, 5.74) is 5.88. The molecule has 0 saturated carbocycles. The third kappa shape index (κ3) is 3.89. The lowest BCUT2D eigenvalue weighted by molar-refractivity contribution is -0.137. The smallest absolute Gasteiger partial charge is 0.382 e. The molecule has 3 aromatic heterocycles. The van der Waals surface area contributed by atoms with Gasteiger partial charge in [-0.1, -0.05) is 30.0 Å². The van der Waals surface area contributed by atoms with Gasteiger partial charge < -0.3 is 10.7 Å². The Kier molecular flexibility index (Phi) is 5.01. The van der Waals surface area contributed by atoms with Gasteiger partial charge in [0.1, 0.15) is 17.7 Å². The molecule has 0 amide bonds. The van der Waals surface area contributed by atoms with Crippen molar-refractivity contribution in [2.24, 2.45) is 0 Å². The normalized spacial score (nSPS) is 12.0. The summed E-state index contributed by atoms with van der Waals surface area (Å²) >= 11 is 1.21. The van der Waals surface area contributed by atoms with E-state index in [-0.39, 0.29) is 23.1 Å². The van der Waals surface area contributed by atoms with E-state index < -0.39 is 17.3 Å². The van der Waals surface area contributed by atoms with Gasteiger partial charge in [0.2, 0.25) is 0 Å². The Morgan fingerprint density at radius 1 is 1.06 bits per heavy atom. The van der Waals surface area contributed by atoms with E-state index in [2.05, 4.69) is 24.9 Å². The van der Waals surface area contributed by atoms with Gasteiger partial charge in [-0.3, -0.25) is 9.36 Å². The largest absolute Gasteiger partial charge is 0.416 e. The summed E-state index contributed by atoms with van der Waals surface area (Å²) in [4.78, 5) is 33.1. The molecule has 0 spiro atoms. The van der Waals surface area contributed by atoms with Crippen LogP contribution in [-0.2, 0) is 11.9 Å². The maximum atomic E-state index is 13.3. The lowest BCUT2D eigenvalue weighted by atomic mass is 10.2. The van der Waals surface area contributed by atoms with Gasteiger partial charge in [-0.2, -0.15) is 13.2 Å². The first-order chi connectivity index (χ1) is 15.8. The number of halogens is 3. The average Bonchev–Trinajstić information content (AvgIpc) is 3.22. The maximum absolute atomic E-state index is 13.3. The molecule has 5 aromatic rings. The molecule has 0 atom stereocenters. The Balaban J connectivity index is 1.61. The second-order valence-electron chi connectivity index (χ2n) is 7.02. The van der Waals surface area contributed by atoms with Crippen LogP contribution in [0, 0.1) is 0 Å². The summed E-state index contributed by atoms with van der Waals surface area (Å²) in [6.45, 7) is 0. The van der Waals surface area contributed by atoms with Crippen LogP contribution in [0.2, 0.25) is 0 Å². The van der Waals surface area contributed by atoms with E-state index >= 15 is 0 Å². The van der Waals surface area contributed by atoms with E-state index in [0.29, 0.717) is 27.2 Å². The van der Waals surface area contributed by atoms with E-state index in [1.54, 1.807) is 24.3 Å². The molecule has 0 saturated heterocycles. The van der Waals surface area contributed by atoms with E-state index in [4.69, 9.17) is 5.73 Å². The van der Waals surface area contributed by atoms with Crippen LogP contribution in [0.3, 0.4) is 0 Å². The fourth-order valence-electron chi connectivity index (χ4n) is 3.39. The number of rotatable bonds is 4. The van der Waals surface area contributed by atoms with Crippen LogP contribution in [0.15, 0.2) is 64.8 Å². The van der Waals surface area contributed by atoms with Gasteiger partial charge in [0.05, 0.1) is 27.9 Å². The first-order valence-corrected chi connectivity index (χ1v) is 10.6. The van der Waals surface area contributed by atoms with Crippen LogP contribution < -0.4 is 11.3 Å². The summed E-state index contributed by atoms with van der Waals surface area (Å²) in [5.74, 6) is 0.648. The molecule has 0 aliphatic heterocycles. The molecule has 0 aliphatic rings. The summed E-state index contributed by atoms with van der Waals surface area (Å²) in [7, 11) is 0. The van der Waals surface area contributed by atoms with E-state index in [1.807, 2.05) is 0 Å². The van der Waals surface area contributed by atoms with Crippen LogP contribution in [0.1, 0.15) is 11.4 Å². The number of aromatic nitrogens is 6. The van der Waals surface area contributed by atoms with Crippen LogP contribution in [0.25, 0.3) is 27.8 Å². The van der Waals surface area contributed by atoms with Gasteiger partial charge in [-0.25, -0.2) is 19.9 Å². The zero-order valence-electron chi connectivity index (χ0n) is 16.7. The Bertz CT molecular complexity index is 1560. The van der Waals surface area contributed by atoms with Crippen LogP contribution in [0.5, 0.6) is 0 Å². The molecule has 0 radical (unpaired) electrons. The molecular formula is C21H14F3N7OS. The fraction of sp³-hybridized carbons (Fsp3) is 0.0952. The molecule has 3 heterocycles. The number of alkyl halides is 3. The zero-order valence-corrected chi connectivity index (χ0v) is 17.5. The zero-order chi connectivity index (χ0) is 23.2. The van der Waals surface area contributed by atoms with Crippen molar-refractivity contribution in [1.82, 2.24) is 29.5 Å². The number of para-hydroxylation sites is 1. The topological polar surface area (TPSA) is 115 Å². The number of H-pyrrole nitrogens is 1. The maximum Gasteiger partial charge on any atom is 0.416 e. The standard InChI is InChI=1S/C21H14F3N7OS/c22-21(23,24)11-4-3-5-12(8-11)31-15(28-14-7-2-1-6-13(14)19(31)32)9-33-20-29-16-17(25)26-10-27-18(16)30-20/h1-8,10H,9H2,(H3,25,26,27,29,30). The fourth-order valence-corrected chi connectivity index (χ4v) is 4.17. The van der Waals surface area contributed by atoms with E-state index in [9.17, 15) is 18.0 Å². The molecule has 0 fully saturated rings. The predicted octanol–water partition coefficient (Wildman–Crippen LogP) is 3.95. The number of imidazole rings is 1. The number of thioether (sulfide) groups is 1. The lowest BCUT2D eigenvalue weighted by Crippen LogP contribution is -2.24. The SMILES string of the molecule is Nc1ncnc2nc(SCc3nc4ccccc4c(=O)n3-c3cccc(C(F)(F)F)c3)[nH]c12. The number of hydrogen-bond acceptors (Lipinski definition) is 7. The summed E-state index contributed by atoms with van der Waals surface area (Å²) < 4.78 is 41.1. The Morgan fingerprint density at radius 3 is 2.67 bits per heavy atom. The van der Waals surface area contributed by atoms with Crippen molar-refractivity contribution < 1.29 is 13.2 Å². The number of aromatic amines is 1. The minimum absolute atomic E-state index is 0.0726. The van der Waals surface area contributed by atoms with Crippen LogP contribution >= 0.6 is 11.8 Å². The Morgan fingerprint density at radius 2 is 1.88 bits per heavy atom. The summed E-state index contributed by atoms with van der Waals surface area (Å²) in [6.07, 6.45) is -3.25. The van der Waals surface area contributed by atoms with E-state index in [0.717, 1.165) is 12.1 Å². The number of benzene rings is 2. The average molecular weight is 469 g/mol. The highest BCUT2D eigenvalue weighted by Crippen LogP contribution is 2.31. The number of fused-ring (bicyclic) bond motifs is 2. The quantitative estimate of drug-likeness (QED) is 0.383. The predicted molar refractivity (Wildman–Crippen MR) is 118 cm³/mol. The summed E-state index contributed by atoms with van der Waals surface area (Å²) in [6, 6.07) is 11.3. The van der Waals surface area contributed by atoms with Crippen molar-refractivity contribution in [2.45, 2.75) is 17.1 Å². The highest BCUT2D eigenvalue weighted by atomic mass is 32.2. The number of nitrogens with two attached hydrogens (primary N) is 1. The second kappa shape index (κ2) is 7.89. The molecule has 0 bridgehead atoms. The first kappa shape index (κ1) is 20.9. The number of hydrogen-bond donors (Lipinski definition) is 2. The van der Waals surface area contributed by atoms with Gasteiger partial charge in [-0.15, -0.1) is 0 Å². The highest BCUT2D eigenvalue weighted by molar-refractivity contribution is 7.98. The lowest BCUT2D eigenvalue weighted by Gasteiger charge is -2.15. The van der Waals surface area contributed by atoms with E-state index in [1.165, 1.54) is 34.8 Å². The molecule has 2 aromatic carbocycles. The van der Waals surface area contributed by atoms with Crippen molar-refractivity contribution in [2.75, 3.05) is 5.73 Å². The molecular weight excluding hydrogens is 455 g/mol. The first-order valence-electron chi connectivity index (χ1n) is 9.58. The van der Waals surface area contributed by atoms with Gasteiger partial charge in [-0.05, 0) is 30.3 Å². The molecule has 0 aliphatic carbocycles. The van der Waals surface area contributed by atoms with Crippen molar-refractivity contribution >= 4 is 39.6 Å². The monoisotopic (exact) mass is 469 g/mol. The number of nitrogen functional groups attached to an aromatic ring is 1. The van der Waals surface area contributed by atoms with Crippen molar-refractivity contribution in [3.63, 3.8) is 0 Å². The van der Waals surface area contributed by atoms with Gasteiger partial charge in [0.25, 0.3) is 5.56 Å². The molecule has 3 N–H and O–H groups in total. The van der Waals surface area contributed by atoms with Crippen LogP contribution in [-0.4, -0.2) is 29.5 Å². The van der Waals surface area contributed by atoms with Crippen molar-refractivity contribution in [3.8, 4) is 5.69 Å². The third-order valence-electron chi connectivity index (χ3n) is 4.91. The third-order valence-corrected chi connectivity index (χ3v) is 5.78. The second-order valence-corrected chi connectivity index (χ2v) is 7.99. The minimum atomic E-state index is -4.55. The minimum Gasteiger partial charge on any atom is -0.382 e. The Labute approximate surface area is 187 Å². The summed E-state index contributed by atoms with van der Waals surface area (Å²) in [5, 5.41) is 0.755. The number of nitrogens with zero attached hydrogens (tertiary/aromatic N) is 5. The number of nitrogens with one attached hydrogen (secondary N) is 1. The van der Waals surface area contributed by atoms with Crippen molar-refractivity contribution in [1.29, 1.82) is 0 Å². The molecule has 166 valence electrons. The Hall–Kier alpha value is -3.93. The molecule has 5 rings (SSSR count). The molecule has 0 unspecified atom stereocenters. The number of anilines is 1. The van der Waals surface area contributed by atoms with Crippen molar-refractivity contribution in [3.05, 3.63) is 76.6 Å². The van der Waals surface area contributed by atoms with Gasteiger partial charge in [0.15, 0.2) is 16.6 Å². The van der Waals surface area contributed by atoms with Crippen LogP contribution in [0.4, 0.5) is 19.0 Å². The molecule has 33 heavy (non-hydrogen) atoms. The molecule has 12 heteroatoms. The van der Waals surface area contributed by atoms with Gasteiger partial charge >= 0.3 is 6.18 Å². The van der Waals surface area contributed by atoms with Gasteiger partial charge in [0, 0.05) is 0 Å².